The normalized spacial score (nSPS) is 28.1. The highest BCUT2D eigenvalue weighted by Gasteiger charge is 2.38. The molecule has 1 N–H and O–H groups in total. The van der Waals surface area contributed by atoms with Crippen molar-refractivity contribution in [1.29, 1.82) is 0 Å². The summed E-state index contributed by atoms with van der Waals surface area (Å²) in [5, 5.41) is 8.04. The van der Waals surface area contributed by atoms with Crippen molar-refractivity contribution in [2.75, 3.05) is 13.1 Å². The van der Waals surface area contributed by atoms with Crippen LogP contribution in [0.25, 0.3) is 0 Å². The van der Waals surface area contributed by atoms with Crippen molar-refractivity contribution >= 4 is 12.1 Å². The summed E-state index contributed by atoms with van der Waals surface area (Å²) < 4.78 is 40.7. The lowest BCUT2D eigenvalue weighted by atomic mass is 9.94. The van der Waals surface area contributed by atoms with Gasteiger partial charge in [0.1, 0.15) is 17.8 Å². The van der Waals surface area contributed by atoms with Gasteiger partial charge in [-0.3, -0.25) is 4.79 Å². The molecule has 0 saturated carbocycles. The third kappa shape index (κ3) is 2.85. The summed E-state index contributed by atoms with van der Waals surface area (Å²) in [4.78, 5) is 12.5. The number of hydrogen-bond acceptors (Lipinski definition) is 3. The van der Waals surface area contributed by atoms with Crippen molar-refractivity contribution < 1.29 is 18.0 Å². The standard InChI is InChI=1S/C15H16F3N3O/c16-10-5-9(6-11(17)7-10)14-2-4-20-21(14)15(22)12-1-3-19-8-13(12)18/h4-7,12-14,19H,1-3,8H2. The zero-order valence-electron chi connectivity index (χ0n) is 11.8. The number of carbonyl (C=O) groups excluding carboxylic acids is 1. The zero-order valence-corrected chi connectivity index (χ0v) is 11.8. The van der Waals surface area contributed by atoms with E-state index in [1.54, 1.807) is 0 Å². The molecule has 0 bridgehead atoms. The number of hydrazone groups is 1. The van der Waals surface area contributed by atoms with Gasteiger partial charge in [-0.2, -0.15) is 5.10 Å². The van der Waals surface area contributed by atoms with Crippen LogP contribution in [0.3, 0.4) is 0 Å². The van der Waals surface area contributed by atoms with Crippen molar-refractivity contribution in [3.05, 3.63) is 35.4 Å². The lowest BCUT2D eigenvalue weighted by Gasteiger charge is -2.30. The quantitative estimate of drug-likeness (QED) is 0.910. The first-order valence-corrected chi connectivity index (χ1v) is 7.22. The Bertz CT molecular complexity index is 587. The number of piperidine rings is 1. The van der Waals surface area contributed by atoms with Crippen LogP contribution in [0.5, 0.6) is 0 Å². The van der Waals surface area contributed by atoms with E-state index in [1.807, 2.05) is 0 Å². The van der Waals surface area contributed by atoms with E-state index in [2.05, 4.69) is 10.4 Å². The van der Waals surface area contributed by atoms with Gasteiger partial charge in [-0.15, -0.1) is 0 Å². The minimum absolute atomic E-state index is 0.132. The molecule has 3 unspecified atom stereocenters. The van der Waals surface area contributed by atoms with Gasteiger partial charge in [-0.25, -0.2) is 18.2 Å². The predicted octanol–water partition coefficient (Wildman–Crippen LogP) is 2.17. The maximum absolute atomic E-state index is 13.9. The van der Waals surface area contributed by atoms with Gasteiger partial charge in [0.2, 0.25) is 5.91 Å². The number of alkyl halides is 1. The third-order valence-corrected chi connectivity index (χ3v) is 4.05. The van der Waals surface area contributed by atoms with E-state index >= 15 is 0 Å². The molecule has 2 aliphatic rings. The van der Waals surface area contributed by atoms with Crippen LogP contribution in [0.15, 0.2) is 23.3 Å². The molecule has 1 fully saturated rings. The minimum Gasteiger partial charge on any atom is -0.314 e. The van der Waals surface area contributed by atoms with Crippen molar-refractivity contribution in [3.8, 4) is 0 Å². The van der Waals surface area contributed by atoms with Gasteiger partial charge in [0.25, 0.3) is 0 Å². The zero-order chi connectivity index (χ0) is 15.7. The van der Waals surface area contributed by atoms with Crippen LogP contribution >= 0.6 is 0 Å². The number of hydrogen-bond donors (Lipinski definition) is 1. The summed E-state index contributed by atoms with van der Waals surface area (Å²) in [6, 6.07) is 2.55. The Balaban J connectivity index is 1.83. The lowest BCUT2D eigenvalue weighted by Crippen LogP contribution is -2.46. The summed E-state index contributed by atoms with van der Waals surface area (Å²) in [6.45, 7) is 0.695. The fourth-order valence-corrected chi connectivity index (χ4v) is 2.94. The maximum atomic E-state index is 13.9. The fourth-order valence-electron chi connectivity index (χ4n) is 2.94. The van der Waals surface area contributed by atoms with E-state index in [4.69, 9.17) is 0 Å². The van der Waals surface area contributed by atoms with E-state index < -0.39 is 35.7 Å². The molecule has 0 aromatic heterocycles. The van der Waals surface area contributed by atoms with Crippen LogP contribution in [-0.2, 0) is 4.79 Å². The molecule has 2 heterocycles. The molecular weight excluding hydrogens is 295 g/mol. The number of nitrogens with zero attached hydrogens (tertiary/aromatic N) is 2. The van der Waals surface area contributed by atoms with Crippen molar-refractivity contribution in [2.45, 2.75) is 25.1 Å². The summed E-state index contributed by atoms with van der Waals surface area (Å²) in [5.41, 5.74) is 0.327. The second-order valence-electron chi connectivity index (χ2n) is 5.55. The molecule has 1 aromatic rings. The van der Waals surface area contributed by atoms with E-state index in [0.717, 1.165) is 11.1 Å². The van der Waals surface area contributed by atoms with E-state index in [9.17, 15) is 18.0 Å². The van der Waals surface area contributed by atoms with Crippen LogP contribution in [0, 0.1) is 17.6 Å². The number of benzene rings is 1. The monoisotopic (exact) mass is 311 g/mol. The predicted molar refractivity (Wildman–Crippen MR) is 74.9 cm³/mol. The Morgan fingerprint density at radius 2 is 2.00 bits per heavy atom. The molecule has 1 amide bonds. The highest BCUT2D eigenvalue weighted by Crippen LogP contribution is 2.32. The van der Waals surface area contributed by atoms with E-state index in [-0.39, 0.29) is 6.54 Å². The van der Waals surface area contributed by atoms with Gasteiger partial charge in [0, 0.05) is 25.2 Å². The molecule has 0 spiro atoms. The highest BCUT2D eigenvalue weighted by atomic mass is 19.1. The first-order chi connectivity index (χ1) is 10.6. The molecule has 0 aliphatic carbocycles. The topological polar surface area (TPSA) is 44.7 Å². The third-order valence-electron chi connectivity index (χ3n) is 4.05. The molecule has 3 atom stereocenters. The number of carbonyl (C=O) groups is 1. The molecule has 0 radical (unpaired) electrons. The Morgan fingerprint density at radius 1 is 1.27 bits per heavy atom. The summed E-state index contributed by atoms with van der Waals surface area (Å²) in [5.74, 6) is -2.62. The Labute approximate surface area is 126 Å². The van der Waals surface area contributed by atoms with Gasteiger partial charge in [0.05, 0.1) is 12.0 Å². The molecule has 1 saturated heterocycles. The average Bonchev–Trinajstić information content (AvgIpc) is 2.95. The molecule has 4 nitrogen and oxygen atoms in total. The van der Waals surface area contributed by atoms with Gasteiger partial charge < -0.3 is 5.32 Å². The van der Waals surface area contributed by atoms with Crippen LogP contribution in [0.4, 0.5) is 13.2 Å². The summed E-state index contributed by atoms with van der Waals surface area (Å²) in [7, 11) is 0. The molecule has 118 valence electrons. The number of nitrogens with one attached hydrogen (secondary N) is 1. The summed E-state index contributed by atoms with van der Waals surface area (Å²) >= 11 is 0. The van der Waals surface area contributed by atoms with E-state index in [0.29, 0.717) is 24.9 Å². The maximum Gasteiger partial charge on any atom is 0.249 e. The molecular formula is C15H16F3N3O. The first-order valence-electron chi connectivity index (χ1n) is 7.22. The van der Waals surface area contributed by atoms with Crippen molar-refractivity contribution in [2.24, 2.45) is 11.0 Å². The highest BCUT2D eigenvalue weighted by molar-refractivity contribution is 5.82. The molecule has 7 heteroatoms. The molecule has 3 rings (SSSR count). The number of halogens is 3. The molecule has 2 aliphatic heterocycles. The Kier molecular flexibility index (Phi) is 4.15. The Morgan fingerprint density at radius 3 is 2.68 bits per heavy atom. The largest absolute Gasteiger partial charge is 0.314 e. The lowest BCUT2D eigenvalue weighted by molar-refractivity contribution is -0.140. The minimum atomic E-state index is -1.28. The van der Waals surface area contributed by atoms with Crippen LogP contribution in [0.2, 0.25) is 0 Å². The van der Waals surface area contributed by atoms with Gasteiger partial charge >= 0.3 is 0 Å². The molecule has 1 aromatic carbocycles. The first kappa shape index (κ1) is 15.0. The Hall–Kier alpha value is -1.89. The molecule has 22 heavy (non-hydrogen) atoms. The van der Waals surface area contributed by atoms with Crippen molar-refractivity contribution in [3.63, 3.8) is 0 Å². The van der Waals surface area contributed by atoms with Gasteiger partial charge in [-0.05, 0) is 30.7 Å². The van der Waals surface area contributed by atoms with Crippen LogP contribution < -0.4 is 5.32 Å². The van der Waals surface area contributed by atoms with Gasteiger partial charge in [0.15, 0.2) is 0 Å². The van der Waals surface area contributed by atoms with E-state index in [1.165, 1.54) is 18.3 Å². The van der Waals surface area contributed by atoms with Gasteiger partial charge in [-0.1, -0.05) is 0 Å². The SMILES string of the molecule is O=C(C1CCNCC1F)N1N=CCC1c1cc(F)cc(F)c1. The number of rotatable bonds is 2. The van der Waals surface area contributed by atoms with Crippen LogP contribution in [0.1, 0.15) is 24.4 Å². The average molecular weight is 311 g/mol. The summed E-state index contributed by atoms with van der Waals surface area (Å²) in [6.07, 6.45) is 0.980. The van der Waals surface area contributed by atoms with Crippen LogP contribution in [-0.4, -0.2) is 36.4 Å². The number of amides is 1. The fraction of sp³-hybridized carbons (Fsp3) is 0.467. The smallest absolute Gasteiger partial charge is 0.249 e. The second kappa shape index (κ2) is 6.08. The van der Waals surface area contributed by atoms with Crippen molar-refractivity contribution in [1.82, 2.24) is 10.3 Å². The second-order valence-corrected chi connectivity index (χ2v) is 5.55.